The van der Waals surface area contributed by atoms with Crippen LogP contribution in [0.2, 0.25) is 0 Å². The zero-order chi connectivity index (χ0) is 16.6. The van der Waals surface area contributed by atoms with Gasteiger partial charge in [-0.05, 0) is 38.8 Å². The summed E-state index contributed by atoms with van der Waals surface area (Å²) in [4.78, 5) is 4.68. The van der Waals surface area contributed by atoms with Crippen molar-refractivity contribution in [2.45, 2.75) is 37.6 Å². The summed E-state index contributed by atoms with van der Waals surface area (Å²) in [5, 5.41) is 6.76. The van der Waals surface area contributed by atoms with Crippen LogP contribution in [0.25, 0.3) is 0 Å². The molecule has 1 saturated heterocycles. The van der Waals surface area contributed by atoms with Crippen LogP contribution in [0.1, 0.15) is 36.0 Å². The molecule has 0 saturated carbocycles. The first kappa shape index (κ1) is 15.9. The first-order valence-electron chi connectivity index (χ1n) is 7.54. The molecule has 1 atom stereocenters. The number of hydrogen-bond donors (Lipinski definition) is 1. The lowest BCUT2D eigenvalue weighted by molar-refractivity contribution is 0.381. The molecule has 7 nitrogen and oxygen atoms in total. The summed E-state index contributed by atoms with van der Waals surface area (Å²) in [7, 11) is -1.87. The van der Waals surface area contributed by atoms with E-state index in [-0.39, 0.29) is 10.9 Å². The molecule has 0 spiro atoms. The van der Waals surface area contributed by atoms with Crippen LogP contribution in [0.15, 0.2) is 27.6 Å². The zero-order valence-corrected chi connectivity index (χ0v) is 14.2. The SMILES string of the molecule is CNc1cccc([C@H]2CCCN2S(=O)(=O)c2c(C)noc2C)n1. The molecule has 23 heavy (non-hydrogen) atoms. The highest BCUT2D eigenvalue weighted by molar-refractivity contribution is 7.89. The topological polar surface area (TPSA) is 88.3 Å². The second kappa shape index (κ2) is 5.93. The molecule has 0 unspecified atom stereocenters. The molecular formula is C15H20N4O3S. The predicted molar refractivity (Wildman–Crippen MR) is 85.6 cm³/mol. The van der Waals surface area contributed by atoms with Gasteiger partial charge in [-0.25, -0.2) is 13.4 Å². The summed E-state index contributed by atoms with van der Waals surface area (Å²) >= 11 is 0. The maximum atomic E-state index is 13.1. The van der Waals surface area contributed by atoms with Crippen molar-refractivity contribution in [3.63, 3.8) is 0 Å². The molecule has 0 amide bonds. The van der Waals surface area contributed by atoms with Gasteiger partial charge >= 0.3 is 0 Å². The fraction of sp³-hybridized carbons (Fsp3) is 0.467. The Hall–Kier alpha value is -1.93. The predicted octanol–water partition coefficient (Wildman–Crippen LogP) is 2.25. The molecule has 0 radical (unpaired) electrons. The number of aryl methyl sites for hydroxylation is 2. The molecule has 1 fully saturated rings. The first-order chi connectivity index (χ1) is 10.9. The third-order valence-corrected chi connectivity index (χ3v) is 6.26. The van der Waals surface area contributed by atoms with E-state index in [9.17, 15) is 8.42 Å². The van der Waals surface area contributed by atoms with Crippen molar-refractivity contribution >= 4 is 15.8 Å². The molecule has 0 aromatic carbocycles. The number of pyridine rings is 1. The van der Waals surface area contributed by atoms with Gasteiger partial charge in [0.25, 0.3) is 0 Å². The highest BCUT2D eigenvalue weighted by Crippen LogP contribution is 2.37. The number of nitrogens with zero attached hydrogens (tertiary/aromatic N) is 3. The normalized spacial score (nSPS) is 19.2. The van der Waals surface area contributed by atoms with Gasteiger partial charge in [0.1, 0.15) is 16.4 Å². The Morgan fingerprint density at radius 2 is 2.13 bits per heavy atom. The van der Waals surface area contributed by atoms with E-state index in [1.165, 1.54) is 4.31 Å². The molecule has 1 aliphatic heterocycles. The van der Waals surface area contributed by atoms with Gasteiger partial charge in [0.2, 0.25) is 10.0 Å². The number of rotatable bonds is 4. The maximum absolute atomic E-state index is 13.1. The minimum Gasteiger partial charge on any atom is -0.373 e. The molecule has 3 heterocycles. The van der Waals surface area contributed by atoms with Crippen molar-refractivity contribution in [3.05, 3.63) is 35.3 Å². The van der Waals surface area contributed by atoms with Crippen LogP contribution in [-0.2, 0) is 10.0 Å². The van der Waals surface area contributed by atoms with E-state index in [0.29, 0.717) is 18.0 Å². The van der Waals surface area contributed by atoms with Gasteiger partial charge in [0.15, 0.2) is 5.76 Å². The molecule has 1 aliphatic rings. The molecule has 2 aromatic heterocycles. The van der Waals surface area contributed by atoms with E-state index in [4.69, 9.17) is 4.52 Å². The summed E-state index contributed by atoms with van der Waals surface area (Å²) < 4.78 is 32.7. The van der Waals surface area contributed by atoms with Crippen molar-refractivity contribution in [3.8, 4) is 0 Å². The Kier molecular flexibility index (Phi) is 4.11. The monoisotopic (exact) mass is 336 g/mol. The van der Waals surface area contributed by atoms with E-state index < -0.39 is 10.0 Å². The van der Waals surface area contributed by atoms with Gasteiger partial charge in [-0.15, -0.1) is 0 Å². The van der Waals surface area contributed by atoms with Crippen LogP contribution < -0.4 is 5.32 Å². The van der Waals surface area contributed by atoms with E-state index in [2.05, 4.69) is 15.5 Å². The third-order valence-electron chi connectivity index (χ3n) is 4.11. The van der Waals surface area contributed by atoms with Crippen LogP contribution in [0, 0.1) is 13.8 Å². The Bertz CT molecular complexity index is 796. The third kappa shape index (κ3) is 2.72. The first-order valence-corrected chi connectivity index (χ1v) is 8.98. The summed E-state index contributed by atoms with van der Waals surface area (Å²) in [6, 6.07) is 5.34. The van der Waals surface area contributed by atoms with Crippen molar-refractivity contribution < 1.29 is 12.9 Å². The second-order valence-electron chi connectivity index (χ2n) is 5.62. The van der Waals surface area contributed by atoms with Gasteiger partial charge in [0.05, 0.1) is 11.7 Å². The van der Waals surface area contributed by atoms with Crippen molar-refractivity contribution in [1.82, 2.24) is 14.4 Å². The van der Waals surface area contributed by atoms with E-state index in [1.54, 1.807) is 20.9 Å². The van der Waals surface area contributed by atoms with E-state index >= 15 is 0 Å². The summed E-state index contributed by atoms with van der Waals surface area (Å²) in [6.07, 6.45) is 1.56. The molecule has 3 rings (SSSR count). The lowest BCUT2D eigenvalue weighted by atomic mass is 10.1. The fourth-order valence-electron chi connectivity index (χ4n) is 3.06. The lowest BCUT2D eigenvalue weighted by Gasteiger charge is -2.23. The minimum absolute atomic E-state index is 0.175. The molecule has 8 heteroatoms. The van der Waals surface area contributed by atoms with E-state index in [1.807, 2.05) is 18.2 Å². The Balaban J connectivity index is 2.01. The number of aromatic nitrogens is 2. The Labute approximate surface area is 135 Å². The fourth-order valence-corrected chi connectivity index (χ4v) is 5.02. The van der Waals surface area contributed by atoms with Crippen LogP contribution in [0.5, 0.6) is 0 Å². The highest BCUT2D eigenvalue weighted by atomic mass is 32.2. The molecular weight excluding hydrogens is 316 g/mol. The lowest BCUT2D eigenvalue weighted by Crippen LogP contribution is -2.31. The summed E-state index contributed by atoms with van der Waals surface area (Å²) in [5.74, 6) is 1.05. The molecule has 0 bridgehead atoms. The molecule has 0 aliphatic carbocycles. The number of hydrogen-bond acceptors (Lipinski definition) is 6. The van der Waals surface area contributed by atoms with Crippen LogP contribution in [-0.4, -0.2) is 36.5 Å². The Morgan fingerprint density at radius 1 is 1.35 bits per heavy atom. The molecule has 2 aromatic rings. The van der Waals surface area contributed by atoms with Crippen molar-refractivity contribution in [1.29, 1.82) is 0 Å². The molecule has 124 valence electrons. The van der Waals surface area contributed by atoms with Gasteiger partial charge in [0, 0.05) is 13.6 Å². The van der Waals surface area contributed by atoms with Gasteiger partial charge < -0.3 is 9.84 Å². The second-order valence-corrected chi connectivity index (χ2v) is 7.45. The summed E-state index contributed by atoms with van der Waals surface area (Å²) in [5.41, 5.74) is 1.15. The molecule has 1 N–H and O–H groups in total. The average Bonchev–Trinajstić information content (AvgIpc) is 3.15. The zero-order valence-electron chi connectivity index (χ0n) is 13.4. The average molecular weight is 336 g/mol. The quantitative estimate of drug-likeness (QED) is 0.921. The maximum Gasteiger partial charge on any atom is 0.249 e. The van der Waals surface area contributed by atoms with Crippen molar-refractivity contribution in [2.75, 3.05) is 18.9 Å². The van der Waals surface area contributed by atoms with Crippen LogP contribution in [0.4, 0.5) is 5.82 Å². The smallest absolute Gasteiger partial charge is 0.249 e. The summed E-state index contributed by atoms with van der Waals surface area (Å²) in [6.45, 7) is 3.74. The Morgan fingerprint density at radius 3 is 2.78 bits per heavy atom. The van der Waals surface area contributed by atoms with E-state index in [0.717, 1.165) is 24.4 Å². The van der Waals surface area contributed by atoms with Gasteiger partial charge in [-0.1, -0.05) is 11.2 Å². The van der Waals surface area contributed by atoms with Crippen molar-refractivity contribution in [2.24, 2.45) is 0 Å². The van der Waals surface area contributed by atoms with Gasteiger partial charge in [-0.2, -0.15) is 4.31 Å². The minimum atomic E-state index is -3.66. The number of anilines is 1. The number of nitrogens with one attached hydrogen (secondary N) is 1. The largest absolute Gasteiger partial charge is 0.373 e. The highest BCUT2D eigenvalue weighted by Gasteiger charge is 2.39. The van der Waals surface area contributed by atoms with Crippen LogP contribution in [0.3, 0.4) is 0 Å². The standard InChI is InChI=1S/C15H20N4O3S/c1-10-15(11(2)22-18-10)23(20,21)19-9-5-7-13(19)12-6-4-8-14(16-3)17-12/h4,6,8,13H,5,7,9H2,1-3H3,(H,16,17)/t13-/m1/s1. The van der Waals surface area contributed by atoms with Crippen LogP contribution >= 0.6 is 0 Å². The van der Waals surface area contributed by atoms with Gasteiger partial charge in [-0.3, -0.25) is 0 Å². The number of sulfonamides is 1.